The molecule has 2 amide bonds. The van der Waals surface area contributed by atoms with Gasteiger partial charge in [-0.3, -0.25) is 4.79 Å². The third kappa shape index (κ3) is 3.40. The van der Waals surface area contributed by atoms with E-state index in [1.54, 1.807) is 4.90 Å². The number of rotatable bonds is 2. The number of carbonyl (C=O) groups excluding carboxylic acids is 1. The number of hydrogen-bond donors (Lipinski definition) is 2. The minimum absolute atomic E-state index is 0.0284. The number of urea groups is 1. The van der Waals surface area contributed by atoms with Crippen molar-refractivity contribution in [3.63, 3.8) is 0 Å². The number of carbonyl (C=O) groups is 1. The maximum Gasteiger partial charge on any atom is 0.322 e. The van der Waals surface area contributed by atoms with Crippen molar-refractivity contribution < 1.29 is 18.0 Å². The Bertz CT molecular complexity index is 1320. The van der Waals surface area contributed by atoms with Crippen LogP contribution in [0.5, 0.6) is 0 Å². The van der Waals surface area contributed by atoms with Crippen LogP contribution in [-0.2, 0) is 6.42 Å². The number of nitrogens with zero attached hydrogens (tertiary/aromatic N) is 3. The molecular formula is C21H15ClF3N5O2. The number of pyridine rings is 1. The first-order valence-electron chi connectivity index (χ1n) is 9.80. The first-order valence-corrected chi connectivity index (χ1v) is 10.2. The monoisotopic (exact) mass is 461 g/mol. The molecule has 3 aromatic rings. The standard InChI is InChI=1S/C21H15ClF3N5O2/c22-13-7-16(14(23)6-12(13)10-4-15(24)20(25)26-8-10)27-21(32)30-11-1-2-17(30)19-9(3-11)5-18(31)28-29-19/h4-8,11,17H,1-3H2,(H,27,32)(H,28,31)/t11-,17+/m0/s1. The second-order valence-electron chi connectivity index (χ2n) is 7.74. The average molecular weight is 462 g/mol. The van der Waals surface area contributed by atoms with Crippen LogP contribution in [0.2, 0.25) is 5.02 Å². The van der Waals surface area contributed by atoms with Crippen molar-refractivity contribution in [3.8, 4) is 11.1 Å². The Kier molecular flexibility index (Phi) is 4.89. The quantitative estimate of drug-likeness (QED) is 0.560. The SMILES string of the molecule is O=C(Nc1cc(Cl)c(-c2cnc(F)c(F)c2)cc1F)N1[C@H]2CC[C@@H]1c1n[nH]c(=O)cc1C2. The van der Waals surface area contributed by atoms with E-state index < -0.39 is 23.6 Å². The molecule has 32 heavy (non-hydrogen) atoms. The van der Waals surface area contributed by atoms with Gasteiger partial charge in [-0.15, -0.1) is 0 Å². The Morgan fingerprint density at radius 1 is 1.16 bits per heavy atom. The van der Waals surface area contributed by atoms with Crippen LogP contribution in [0.15, 0.2) is 35.3 Å². The molecule has 5 rings (SSSR count). The number of anilines is 1. The van der Waals surface area contributed by atoms with Crippen molar-refractivity contribution >= 4 is 23.3 Å². The lowest BCUT2D eigenvalue weighted by Crippen LogP contribution is -2.45. The topological polar surface area (TPSA) is 91.0 Å². The molecule has 0 radical (unpaired) electrons. The van der Waals surface area contributed by atoms with E-state index >= 15 is 0 Å². The highest BCUT2D eigenvalue weighted by Gasteiger charge is 2.44. The molecule has 7 nitrogen and oxygen atoms in total. The van der Waals surface area contributed by atoms with Crippen LogP contribution in [0.4, 0.5) is 23.7 Å². The number of aromatic amines is 1. The molecule has 2 aromatic heterocycles. The molecule has 1 fully saturated rings. The molecule has 0 spiro atoms. The summed E-state index contributed by atoms with van der Waals surface area (Å²) in [6, 6.07) is 3.61. The molecular weight excluding hydrogens is 447 g/mol. The largest absolute Gasteiger partial charge is 0.322 e. The summed E-state index contributed by atoms with van der Waals surface area (Å²) in [5.41, 5.74) is 1.19. The summed E-state index contributed by atoms with van der Waals surface area (Å²) in [6.45, 7) is 0. The van der Waals surface area contributed by atoms with Crippen LogP contribution in [0.25, 0.3) is 11.1 Å². The predicted octanol–water partition coefficient (Wildman–Crippen LogP) is 4.20. The Morgan fingerprint density at radius 2 is 1.97 bits per heavy atom. The van der Waals surface area contributed by atoms with E-state index in [0.717, 1.165) is 30.3 Å². The van der Waals surface area contributed by atoms with Crippen molar-refractivity contribution in [2.75, 3.05) is 5.32 Å². The zero-order chi connectivity index (χ0) is 22.6. The molecule has 2 bridgehead atoms. The van der Waals surface area contributed by atoms with Gasteiger partial charge in [-0.05, 0) is 43.0 Å². The normalized spacial score (nSPS) is 19.1. The van der Waals surface area contributed by atoms with E-state index in [1.165, 1.54) is 12.1 Å². The number of fused-ring (bicyclic) bond motifs is 4. The van der Waals surface area contributed by atoms with Gasteiger partial charge in [0, 0.05) is 29.4 Å². The highest BCUT2D eigenvalue weighted by Crippen LogP contribution is 2.42. The molecule has 11 heteroatoms. The zero-order valence-electron chi connectivity index (χ0n) is 16.3. The highest BCUT2D eigenvalue weighted by molar-refractivity contribution is 6.33. The summed E-state index contributed by atoms with van der Waals surface area (Å²) in [5.74, 6) is -3.26. The smallest absolute Gasteiger partial charge is 0.313 e. The summed E-state index contributed by atoms with van der Waals surface area (Å²) in [5, 5.41) is 9.08. The van der Waals surface area contributed by atoms with E-state index in [4.69, 9.17) is 11.6 Å². The lowest BCUT2D eigenvalue weighted by atomic mass is 9.99. The average Bonchev–Trinajstić information content (AvgIpc) is 3.07. The third-order valence-corrected chi connectivity index (χ3v) is 6.15. The number of hydrogen-bond acceptors (Lipinski definition) is 4. The number of halogens is 4. The maximum absolute atomic E-state index is 14.8. The molecule has 0 unspecified atom stereocenters. The van der Waals surface area contributed by atoms with Crippen molar-refractivity contribution in [1.29, 1.82) is 0 Å². The van der Waals surface area contributed by atoms with Crippen molar-refractivity contribution in [2.24, 2.45) is 0 Å². The van der Waals surface area contributed by atoms with Gasteiger partial charge in [0.1, 0.15) is 5.82 Å². The van der Waals surface area contributed by atoms with Crippen molar-refractivity contribution in [1.82, 2.24) is 20.1 Å². The molecule has 1 aromatic carbocycles. The fourth-order valence-electron chi connectivity index (χ4n) is 4.43. The van der Waals surface area contributed by atoms with Crippen LogP contribution in [0.3, 0.4) is 0 Å². The molecule has 0 saturated carbocycles. The number of amides is 2. The van der Waals surface area contributed by atoms with Crippen LogP contribution in [-0.4, -0.2) is 32.2 Å². The van der Waals surface area contributed by atoms with Gasteiger partial charge in [0.15, 0.2) is 5.82 Å². The van der Waals surface area contributed by atoms with Crippen LogP contribution in [0, 0.1) is 17.6 Å². The Morgan fingerprint density at radius 3 is 2.75 bits per heavy atom. The number of aromatic nitrogens is 3. The molecule has 1 saturated heterocycles. The van der Waals surface area contributed by atoms with E-state index in [2.05, 4.69) is 20.5 Å². The van der Waals surface area contributed by atoms with Gasteiger partial charge in [-0.1, -0.05) is 11.6 Å². The van der Waals surface area contributed by atoms with E-state index in [0.29, 0.717) is 18.5 Å². The maximum atomic E-state index is 14.8. The second-order valence-corrected chi connectivity index (χ2v) is 8.15. The first kappa shape index (κ1) is 20.5. The van der Waals surface area contributed by atoms with Crippen LogP contribution < -0.4 is 10.9 Å². The number of benzene rings is 1. The summed E-state index contributed by atoms with van der Waals surface area (Å²) >= 11 is 6.23. The molecule has 2 atom stereocenters. The summed E-state index contributed by atoms with van der Waals surface area (Å²) < 4.78 is 41.4. The fraction of sp³-hybridized carbons (Fsp3) is 0.238. The lowest BCUT2D eigenvalue weighted by molar-refractivity contribution is 0.177. The van der Waals surface area contributed by atoms with Crippen molar-refractivity contribution in [3.05, 3.63) is 74.7 Å². The van der Waals surface area contributed by atoms with Crippen molar-refractivity contribution in [2.45, 2.75) is 31.3 Å². The summed E-state index contributed by atoms with van der Waals surface area (Å²) in [7, 11) is 0. The summed E-state index contributed by atoms with van der Waals surface area (Å²) in [4.78, 5) is 29.5. The third-order valence-electron chi connectivity index (χ3n) is 5.83. The van der Waals surface area contributed by atoms with E-state index in [9.17, 15) is 22.8 Å². The van der Waals surface area contributed by atoms with Gasteiger partial charge >= 0.3 is 6.03 Å². The second kappa shape index (κ2) is 7.63. The minimum atomic E-state index is -1.27. The summed E-state index contributed by atoms with van der Waals surface area (Å²) in [6.07, 6.45) is 2.93. The van der Waals surface area contributed by atoms with Gasteiger partial charge < -0.3 is 10.2 Å². The molecule has 2 N–H and O–H groups in total. The predicted molar refractivity (Wildman–Crippen MR) is 110 cm³/mol. The lowest BCUT2D eigenvalue weighted by Gasteiger charge is -2.35. The van der Waals surface area contributed by atoms with Gasteiger partial charge in [0.05, 0.1) is 22.4 Å². The van der Waals surface area contributed by atoms with Gasteiger partial charge in [-0.2, -0.15) is 9.49 Å². The first-order chi connectivity index (χ1) is 15.3. The molecule has 0 aliphatic carbocycles. The zero-order valence-corrected chi connectivity index (χ0v) is 17.1. The Balaban J connectivity index is 1.41. The Labute approximate surface area is 184 Å². The van der Waals surface area contributed by atoms with E-state index in [1.807, 2.05) is 0 Å². The van der Waals surface area contributed by atoms with Gasteiger partial charge in [-0.25, -0.2) is 23.7 Å². The number of nitrogens with one attached hydrogen (secondary N) is 2. The molecule has 4 heterocycles. The van der Waals surface area contributed by atoms with Crippen LogP contribution >= 0.6 is 11.6 Å². The van der Waals surface area contributed by atoms with Gasteiger partial charge in [0.2, 0.25) is 5.95 Å². The highest BCUT2D eigenvalue weighted by atomic mass is 35.5. The van der Waals surface area contributed by atoms with E-state index in [-0.39, 0.29) is 39.5 Å². The molecule has 164 valence electrons. The minimum Gasteiger partial charge on any atom is -0.313 e. The van der Waals surface area contributed by atoms with Gasteiger partial charge in [0.25, 0.3) is 5.56 Å². The fourth-order valence-corrected chi connectivity index (χ4v) is 4.70. The molecule has 2 aliphatic rings. The number of H-pyrrole nitrogens is 1. The Hall–Kier alpha value is -3.40. The van der Waals surface area contributed by atoms with Crippen LogP contribution in [0.1, 0.15) is 30.1 Å². The molecule has 2 aliphatic heterocycles.